The van der Waals surface area contributed by atoms with Crippen molar-refractivity contribution in [3.8, 4) is 5.75 Å². The van der Waals surface area contributed by atoms with Gasteiger partial charge in [0.15, 0.2) is 0 Å². The van der Waals surface area contributed by atoms with Gasteiger partial charge in [-0.1, -0.05) is 6.07 Å². The van der Waals surface area contributed by atoms with Crippen LogP contribution in [0.1, 0.15) is 17.5 Å². The summed E-state index contributed by atoms with van der Waals surface area (Å²) >= 11 is 0. The Morgan fingerprint density at radius 3 is 2.08 bits per heavy atom. The van der Waals surface area contributed by atoms with Crippen molar-refractivity contribution >= 4 is 30.0 Å². The molecule has 2 rings (SSSR count). The third-order valence-electron chi connectivity index (χ3n) is 3.25. The molecule has 0 saturated carbocycles. The molecule has 0 unspecified atom stereocenters. The zero-order chi connectivity index (χ0) is 19.1. The molecule has 0 spiro atoms. The van der Waals surface area contributed by atoms with Gasteiger partial charge < -0.3 is 19.7 Å². The lowest BCUT2D eigenvalue weighted by molar-refractivity contribution is -0.135. The maximum atomic E-state index is 11.5. The van der Waals surface area contributed by atoms with E-state index in [0.717, 1.165) is 23.3 Å². The Bertz CT molecular complexity index is 845. The van der Waals surface area contributed by atoms with Crippen molar-refractivity contribution in [3.63, 3.8) is 0 Å². The average Bonchev–Trinajstić information content (AvgIpc) is 2.58. The van der Waals surface area contributed by atoms with Crippen LogP contribution in [-0.4, -0.2) is 34.1 Å². The number of allylic oxidation sites excluding steroid dienone is 1. The number of ether oxygens (including phenoxy) is 2. The molecule has 1 aliphatic carbocycles. The number of rotatable bonds is 6. The number of fused-ring (bicyclic) bond motifs is 1. The Morgan fingerprint density at radius 1 is 0.846 bits per heavy atom. The monoisotopic (exact) mass is 358 g/mol. The fraction of sp³-hybridized carbons (Fsp3) is 0.111. The van der Waals surface area contributed by atoms with Crippen molar-refractivity contribution in [1.82, 2.24) is 0 Å². The lowest BCUT2D eigenvalue weighted by Gasteiger charge is -2.16. The maximum Gasteiger partial charge on any atom is 0.336 e. The van der Waals surface area contributed by atoms with Crippen molar-refractivity contribution < 1.29 is 38.9 Å². The fourth-order valence-electron chi connectivity index (χ4n) is 2.18. The molecule has 0 atom stereocenters. The molecule has 0 radical (unpaired) electrons. The van der Waals surface area contributed by atoms with Gasteiger partial charge in [-0.05, 0) is 35.8 Å². The third-order valence-corrected chi connectivity index (χ3v) is 3.25. The number of hydrogen-bond acceptors (Lipinski definition) is 6. The summed E-state index contributed by atoms with van der Waals surface area (Å²) in [5.41, 5.74) is 1.63. The first-order valence-electron chi connectivity index (χ1n) is 7.42. The minimum absolute atomic E-state index is 0.266. The predicted octanol–water partition coefficient (Wildman–Crippen LogP) is 1.70. The van der Waals surface area contributed by atoms with Crippen molar-refractivity contribution in [3.05, 3.63) is 59.4 Å². The van der Waals surface area contributed by atoms with Crippen LogP contribution < -0.4 is 4.74 Å². The molecule has 0 saturated heterocycles. The molecular formula is C18H14O8. The van der Waals surface area contributed by atoms with Gasteiger partial charge in [-0.2, -0.15) is 0 Å². The topological polar surface area (TPSA) is 127 Å². The van der Waals surface area contributed by atoms with Gasteiger partial charge in [0.25, 0.3) is 0 Å². The van der Waals surface area contributed by atoms with Gasteiger partial charge in [0.05, 0.1) is 0 Å². The smallest absolute Gasteiger partial charge is 0.336 e. The molecule has 0 bridgehead atoms. The number of aryl methyl sites for hydroxylation is 1. The van der Waals surface area contributed by atoms with Crippen LogP contribution in [0.25, 0.3) is 6.08 Å². The van der Waals surface area contributed by atoms with E-state index >= 15 is 0 Å². The van der Waals surface area contributed by atoms with E-state index in [1.165, 1.54) is 6.07 Å². The normalized spacial score (nSPS) is 13.2. The molecule has 2 N–H and O–H groups in total. The number of carbonyl (C=O) groups is 4. The molecule has 1 aromatic rings. The van der Waals surface area contributed by atoms with Crippen LogP contribution in [0.15, 0.2) is 48.3 Å². The molecule has 0 aromatic heterocycles. The summed E-state index contributed by atoms with van der Waals surface area (Å²) in [6.07, 6.45) is 5.59. The molecular weight excluding hydrogens is 344 g/mol. The first kappa shape index (κ1) is 18.7. The Kier molecular flexibility index (Phi) is 6.05. The molecule has 1 aliphatic rings. The highest BCUT2D eigenvalue weighted by molar-refractivity contribution is 5.92. The van der Waals surface area contributed by atoms with Gasteiger partial charge in [-0.25, -0.2) is 19.2 Å². The van der Waals surface area contributed by atoms with Crippen LogP contribution >= 0.6 is 0 Å². The second kappa shape index (κ2) is 8.43. The van der Waals surface area contributed by atoms with E-state index in [4.69, 9.17) is 19.7 Å². The quantitative estimate of drug-likeness (QED) is 0.447. The standard InChI is InChI=1S/C18H14O8/c19-15(20)5-7-17(23)25-13-3-1-11-9-14(4-2-12(11)10-13)26-18(24)8-6-16(21)22/h1,3,5-10H,2,4H2,(H,19,20)(H,21,22)/b7-5+,8-6+. The Balaban J connectivity index is 2.05. The second-order valence-corrected chi connectivity index (χ2v) is 5.16. The largest absolute Gasteiger partial charge is 0.478 e. The lowest BCUT2D eigenvalue weighted by Crippen LogP contribution is -2.08. The summed E-state index contributed by atoms with van der Waals surface area (Å²) in [5, 5.41) is 16.9. The lowest BCUT2D eigenvalue weighted by atomic mass is 9.96. The Morgan fingerprint density at radius 2 is 1.46 bits per heavy atom. The van der Waals surface area contributed by atoms with E-state index in [-0.39, 0.29) is 5.75 Å². The minimum atomic E-state index is -1.25. The highest BCUT2D eigenvalue weighted by Gasteiger charge is 2.15. The first-order chi connectivity index (χ1) is 12.3. The Labute approximate surface area is 147 Å². The summed E-state index contributed by atoms with van der Waals surface area (Å²) in [4.78, 5) is 43.7. The SMILES string of the molecule is O=C(O)/C=C/C(=O)OC1=Cc2ccc(OC(=O)/C=C/C(=O)O)cc2CC1. The van der Waals surface area contributed by atoms with E-state index in [1.807, 2.05) is 0 Å². The molecule has 0 heterocycles. The van der Waals surface area contributed by atoms with Crippen LogP contribution in [0.4, 0.5) is 0 Å². The number of aliphatic carboxylic acids is 2. The van der Waals surface area contributed by atoms with Crippen LogP contribution in [0.2, 0.25) is 0 Å². The average molecular weight is 358 g/mol. The van der Waals surface area contributed by atoms with Gasteiger partial charge in [-0.3, -0.25) is 0 Å². The number of hydrogen-bond donors (Lipinski definition) is 2. The number of carboxylic acid groups (broad SMARTS) is 2. The van der Waals surface area contributed by atoms with Gasteiger partial charge >= 0.3 is 23.9 Å². The van der Waals surface area contributed by atoms with Crippen molar-refractivity contribution in [1.29, 1.82) is 0 Å². The number of carbonyl (C=O) groups excluding carboxylic acids is 2. The number of benzene rings is 1. The van der Waals surface area contributed by atoms with E-state index in [9.17, 15) is 19.2 Å². The molecule has 0 fully saturated rings. The molecule has 8 nitrogen and oxygen atoms in total. The van der Waals surface area contributed by atoms with E-state index in [2.05, 4.69) is 0 Å². The van der Waals surface area contributed by atoms with Crippen LogP contribution in [0, 0.1) is 0 Å². The van der Waals surface area contributed by atoms with Crippen molar-refractivity contribution in [2.24, 2.45) is 0 Å². The van der Waals surface area contributed by atoms with Gasteiger partial charge in [-0.15, -0.1) is 0 Å². The van der Waals surface area contributed by atoms with Gasteiger partial charge in [0, 0.05) is 30.7 Å². The maximum absolute atomic E-state index is 11.5. The van der Waals surface area contributed by atoms with Crippen molar-refractivity contribution in [2.45, 2.75) is 12.8 Å². The number of carboxylic acids is 2. The van der Waals surface area contributed by atoms with Crippen LogP contribution in [0.3, 0.4) is 0 Å². The number of esters is 2. The highest BCUT2D eigenvalue weighted by atomic mass is 16.5. The van der Waals surface area contributed by atoms with E-state index in [1.54, 1.807) is 18.2 Å². The molecule has 26 heavy (non-hydrogen) atoms. The van der Waals surface area contributed by atoms with E-state index in [0.29, 0.717) is 30.8 Å². The van der Waals surface area contributed by atoms with Crippen LogP contribution in [-0.2, 0) is 30.3 Å². The van der Waals surface area contributed by atoms with Gasteiger partial charge in [0.2, 0.25) is 0 Å². The first-order valence-corrected chi connectivity index (χ1v) is 7.42. The second-order valence-electron chi connectivity index (χ2n) is 5.16. The molecule has 134 valence electrons. The van der Waals surface area contributed by atoms with Gasteiger partial charge in [0.1, 0.15) is 11.5 Å². The summed E-state index contributed by atoms with van der Waals surface area (Å²) in [6.45, 7) is 0. The summed E-state index contributed by atoms with van der Waals surface area (Å²) < 4.78 is 10.1. The molecule has 1 aromatic carbocycles. The fourth-order valence-corrected chi connectivity index (χ4v) is 2.18. The van der Waals surface area contributed by atoms with Crippen LogP contribution in [0.5, 0.6) is 5.75 Å². The molecule has 0 amide bonds. The zero-order valence-corrected chi connectivity index (χ0v) is 13.4. The van der Waals surface area contributed by atoms with E-state index < -0.39 is 23.9 Å². The Hall–Kier alpha value is -3.68. The molecule has 8 heteroatoms. The summed E-state index contributed by atoms with van der Waals surface area (Å²) in [5.74, 6) is -3.42. The highest BCUT2D eigenvalue weighted by Crippen LogP contribution is 2.28. The predicted molar refractivity (Wildman–Crippen MR) is 88.0 cm³/mol. The summed E-state index contributed by atoms with van der Waals surface area (Å²) in [6, 6.07) is 4.83. The summed E-state index contributed by atoms with van der Waals surface area (Å²) in [7, 11) is 0. The molecule has 0 aliphatic heterocycles. The zero-order valence-electron chi connectivity index (χ0n) is 13.4. The van der Waals surface area contributed by atoms with Crippen molar-refractivity contribution in [2.75, 3.05) is 0 Å². The minimum Gasteiger partial charge on any atom is -0.478 e. The third kappa shape index (κ3) is 5.75.